The Kier molecular flexibility index (Phi) is 7.13. The minimum atomic E-state index is -0.434. The van der Waals surface area contributed by atoms with Gasteiger partial charge in [0.1, 0.15) is 0 Å². The van der Waals surface area contributed by atoms with Gasteiger partial charge in [-0.1, -0.05) is 51.8 Å². The molecule has 6 heteroatoms. The molecule has 1 aromatic heterocycles. The summed E-state index contributed by atoms with van der Waals surface area (Å²) in [6, 6.07) is 7.10. The van der Waals surface area contributed by atoms with Crippen LogP contribution in [0.4, 0.5) is 0 Å². The van der Waals surface area contributed by atoms with E-state index in [0.29, 0.717) is 30.3 Å². The molecule has 0 aliphatic rings. The van der Waals surface area contributed by atoms with Crippen LogP contribution < -0.4 is 10.9 Å². The second-order valence-corrected chi connectivity index (χ2v) is 8.03. The molecule has 1 heterocycles. The molecule has 0 radical (unpaired) electrons. The molecule has 2 N–H and O–H groups in total. The summed E-state index contributed by atoms with van der Waals surface area (Å²) < 4.78 is 1.41. The lowest BCUT2D eigenvalue weighted by atomic mass is 9.87. The molecule has 2 rings (SSSR count). The summed E-state index contributed by atoms with van der Waals surface area (Å²) in [5, 5.41) is 18.0. The Labute approximate surface area is 160 Å². The minimum absolute atomic E-state index is 0.160. The van der Waals surface area contributed by atoms with Gasteiger partial charge in [0, 0.05) is 18.5 Å². The Morgan fingerprint density at radius 3 is 2.56 bits per heavy atom. The van der Waals surface area contributed by atoms with E-state index in [1.54, 1.807) is 31.2 Å². The quantitative estimate of drug-likeness (QED) is 0.662. The van der Waals surface area contributed by atoms with Gasteiger partial charge >= 0.3 is 0 Å². The average molecular weight is 373 g/mol. The van der Waals surface area contributed by atoms with Gasteiger partial charge in [-0.25, -0.2) is 4.68 Å². The van der Waals surface area contributed by atoms with Crippen molar-refractivity contribution in [2.45, 2.75) is 66.0 Å². The number of carbonyl (C=O) groups is 1. The molecule has 0 fully saturated rings. The molecule has 6 nitrogen and oxygen atoms in total. The van der Waals surface area contributed by atoms with Gasteiger partial charge in [0.15, 0.2) is 5.69 Å². The number of amides is 1. The predicted molar refractivity (Wildman–Crippen MR) is 108 cm³/mol. The third-order valence-electron chi connectivity index (χ3n) is 4.63. The maximum Gasteiger partial charge on any atom is 0.274 e. The Bertz CT molecular complexity index is 840. The van der Waals surface area contributed by atoms with E-state index in [2.05, 4.69) is 17.3 Å². The fourth-order valence-electron chi connectivity index (χ4n) is 3.34. The van der Waals surface area contributed by atoms with Gasteiger partial charge in [-0.05, 0) is 31.2 Å². The van der Waals surface area contributed by atoms with Gasteiger partial charge in [0.2, 0.25) is 0 Å². The molecule has 0 spiro atoms. The number of aryl methyl sites for hydroxylation is 1. The van der Waals surface area contributed by atoms with Crippen LogP contribution in [0, 0.1) is 5.41 Å². The van der Waals surface area contributed by atoms with Crippen LogP contribution in [0.15, 0.2) is 29.1 Å². The minimum Gasteiger partial charge on any atom is -0.393 e. The van der Waals surface area contributed by atoms with Gasteiger partial charge in [-0.2, -0.15) is 5.10 Å². The van der Waals surface area contributed by atoms with Crippen molar-refractivity contribution in [2.75, 3.05) is 6.54 Å². The molecule has 0 aliphatic carbocycles. The third kappa shape index (κ3) is 5.63. The molecule has 1 aromatic carbocycles. The van der Waals surface area contributed by atoms with E-state index in [0.717, 1.165) is 19.3 Å². The van der Waals surface area contributed by atoms with Crippen molar-refractivity contribution in [2.24, 2.45) is 5.41 Å². The highest BCUT2D eigenvalue weighted by Gasteiger charge is 2.23. The molecule has 0 bridgehead atoms. The highest BCUT2D eigenvalue weighted by Crippen LogP contribution is 2.21. The first kappa shape index (κ1) is 21.1. The molecule has 2 aromatic rings. The number of benzene rings is 1. The molecule has 148 valence electrons. The monoisotopic (exact) mass is 373 g/mol. The number of hydrogen-bond donors (Lipinski definition) is 2. The molecular formula is C21H31N3O3. The Hall–Kier alpha value is -2.21. The lowest BCUT2D eigenvalue weighted by Crippen LogP contribution is -2.37. The number of carbonyl (C=O) groups excluding carboxylic acids is 1. The van der Waals surface area contributed by atoms with Crippen LogP contribution in [-0.2, 0) is 6.54 Å². The number of nitrogens with zero attached hydrogens (tertiary/aromatic N) is 2. The van der Waals surface area contributed by atoms with Gasteiger partial charge in [-0.3, -0.25) is 9.59 Å². The number of hydrogen-bond acceptors (Lipinski definition) is 4. The Morgan fingerprint density at radius 1 is 1.26 bits per heavy atom. The van der Waals surface area contributed by atoms with Gasteiger partial charge in [-0.15, -0.1) is 0 Å². The number of nitrogens with one attached hydrogen (secondary N) is 1. The first-order valence-electron chi connectivity index (χ1n) is 9.71. The van der Waals surface area contributed by atoms with E-state index in [1.807, 2.05) is 13.8 Å². The maximum atomic E-state index is 12.8. The highest BCUT2D eigenvalue weighted by atomic mass is 16.3. The van der Waals surface area contributed by atoms with E-state index in [4.69, 9.17) is 0 Å². The van der Waals surface area contributed by atoms with Gasteiger partial charge in [0.25, 0.3) is 11.5 Å². The fourth-order valence-corrected chi connectivity index (χ4v) is 3.34. The molecule has 1 unspecified atom stereocenters. The maximum absolute atomic E-state index is 12.8. The standard InChI is InChI=1S/C21H31N3O3/c1-5-6-9-12-24-20(27)17-11-8-7-10-16(17)18(23-24)19(26)22-14-21(3,4)13-15(2)25/h7-8,10-11,15,25H,5-6,9,12-14H2,1-4H3,(H,22,26). The topological polar surface area (TPSA) is 84.2 Å². The predicted octanol–water partition coefficient (Wildman–Crippen LogP) is 3.11. The number of fused-ring (bicyclic) bond motifs is 1. The van der Waals surface area contributed by atoms with Crippen LogP contribution in [0.1, 0.15) is 63.9 Å². The molecule has 0 saturated heterocycles. The summed E-state index contributed by atoms with van der Waals surface area (Å²) in [5.41, 5.74) is -0.128. The smallest absolute Gasteiger partial charge is 0.274 e. The van der Waals surface area contributed by atoms with Crippen molar-refractivity contribution in [3.63, 3.8) is 0 Å². The van der Waals surface area contributed by atoms with E-state index in [1.165, 1.54) is 4.68 Å². The zero-order valence-electron chi connectivity index (χ0n) is 16.8. The number of rotatable bonds is 9. The van der Waals surface area contributed by atoms with Crippen LogP contribution >= 0.6 is 0 Å². The van der Waals surface area contributed by atoms with Crippen molar-refractivity contribution >= 4 is 16.7 Å². The number of aromatic nitrogens is 2. The number of unbranched alkanes of at least 4 members (excludes halogenated alkanes) is 2. The van der Waals surface area contributed by atoms with Crippen molar-refractivity contribution in [3.8, 4) is 0 Å². The van der Waals surface area contributed by atoms with Crippen LogP contribution in [0.25, 0.3) is 10.8 Å². The first-order chi connectivity index (χ1) is 12.7. The summed E-state index contributed by atoms with van der Waals surface area (Å²) in [6.07, 6.45) is 3.06. The molecule has 0 saturated carbocycles. The normalized spacial score (nSPS) is 12.9. The Morgan fingerprint density at radius 2 is 1.93 bits per heavy atom. The summed E-state index contributed by atoms with van der Waals surface area (Å²) in [6.45, 7) is 8.76. The zero-order chi connectivity index (χ0) is 20.0. The molecule has 1 amide bonds. The number of aliphatic hydroxyl groups is 1. The zero-order valence-corrected chi connectivity index (χ0v) is 16.8. The van der Waals surface area contributed by atoms with Crippen LogP contribution in [0.3, 0.4) is 0 Å². The van der Waals surface area contributed by atoms with Crippen LogP contribution in [0.2, 0.25) is 0 Å². The second kappa shape index (κ2) is 9.13. The van der Waals surface area contributed by atoms with Crippen molar-refractivity contribution in [3.05, 3.63) is 40.3 Å². The molecule has 0 aliphatic heterocycles. The highest BCUT2D eigenvalue weighted by molar-refractivity contribution is 6.04. The van der Waals surface area contributed by atoms with E-state index < -0.39 is 6.10 Å². The summed E-state index contributed by atoms with van der Waals surface area (Å²) in [4.78, 5) is 25.5. The first-order valence-corrected chi connectivity index (χ1v) is 9.71. The largest absolute Gasteiger partial charge is 0.393 e. The van der Waals surface area contributed by atoms with Crippen LogP contribution in [-0.4, -0.2) is 33.4 Å². The van der Waals surface area contributed by atoms with E-state index in [-0.39, 0.29) is 22.6 Å². The second-order valence-electron chi connectivity index (χ2n) is 8.03. The van der Waals surface area contributed by atoms with Gasteiger partial charge in [0.05, 0.1) is 11.5 Å². The third-order valence-corrected chi connectivity index (χ3v) is 4.63. The van der Waals surface area contributed by atoms with E-state index in [9.17, 15) is 14.7 Å². The molecule has 27 heavy (non-hydrogen) atoms. The number of aliphatic hydroxyl groups excluding tert-OH is 1. The molecule has 1 atom stereocenters. The summed E-state index contributed by atoms with van der Waals surface area (Å²) >= 11 is 0. The molecular weight excluding hydrogens is 342 g/mol. The Balaban J connectivity index is 2.31. The van der Waals surface area contributed by atoms with Gasteiger partial charge < -0.3 is 10.4 Å². The van der Waals surface area contributed by atoms with Crippen molar-refractivity contribution in [1.29, 1.82) is 0 Å². The SMILES string of the molecule is CCCCCn1nc(C(=O)NCC(C)(C)CC(C)O)c2ccccc2c1=O. The lowest BCUT2D eigenvalue weighted by molar-refractivity contribution is 0.0896. The average Bonchev–Trinajstić information content (AvgIpc) is 2.61. The lowest BCUT2D eigenvalue weighted by Gasteiger charge is -2.26. The van der Waals surface area contributed by atoms with Crippen molar-refractivity contribution < 1.29 is 9.90 Å². The summed E-state index contributed by atoms with van der Waals surface area (Å²) in [5.74, 6) is -0.297. The van der Waals surface area contributed by atoms with Crippen LogP contribution in [0.5, 0.6) is 0 Å². The fraction of sp³-hybridized carbons (Fsp3) is 0.571. The summed E-state index contributed by atoms with van der Waals surface area (Å²) in [7, 11) is 0. The van der Waals surface area contributed by atoms with E-state index >= 15 is 0 Å². The van der Waals surface area contributed by atoms with Crippen molar-refractivity contribution in [1.82, 2.24) is 15.1 Å².